The Morgan fingerprint density at radius 3 is 0.870 bits per heavy atom. The Kier molecular flexibility index (Phi) is 60.2. The van der Waals surface area contributed by atoms with Gasteiger partial charge < -0.3 is 15.5 Å². The zero-order valence-corrected chi connectivity index (χ0v) is 47.4. The van der Waals surface area contributed by atoms with E-state index in [4.69, 9.17) is 0 Å². The van der Waals surface area contributed by atoms with Crippen LogP contribution in [0.15, 0.2) is 24.3 Å². The Labute approximate surface area is 434 Å². The van der Waals surface area contributed by atoms with Gasteiger partial charge in [-0.15, -0.1) is 0 Å². The number of allylic oxidation sites excluding steroid dienone is 4. The minimum atomic E-state index is -0.657. The second kappa shape index (κ2) is 61.2. The third-order valence-electron chi connectivity index (χ3n) is 15.2. The summed E-state index contributed by atoms with van der Waals surface area (Å²) in [5, 5.41) is 23.4. The molecule has 1 amide bonds. The topological polar surface area (TPSA) is 69.6 Å². The number of hydrogen-bond acceptors (Lipinski definition) is 3. The van der Waals surface area contributed by atoms with Gasteiger partial charge in [0.1, 0.15) is 0 Å². The number of amides is 1. The fourth-order valence-electron chi connectivity index (χ4n) is 10.3. The third kappa shape index (κ3) is 57.6. The van der Waals surface area contributed by atoms with Crippen LogP contribution in [0.4, 0.5) is 0 Å². The van der Waals surface area contributed by atoms with Crippen molar-refractivity contribution in [2.45, 2.75) is 379 Å². The molecule has 0 spiro atoms. The number of rotatable bonds is 60. The third-order valence-corrected chi connectivity index (χ3v) is 15.2. The van der Waals surface area contributed by atoms with Crippen molar-refractivity contribution in [1.82, 2.24) is 5.32 Å². The Bertz CT molecular complexity index is 1010. The van der Waals surface area contributed by atoms with Gasteiger partial charge in [-0.3, -0.25) is 4.79 Å². The molecule has 0 heterocycles. The van der Waals surface area contributed by atoms with E-state index in [2.05, 4.69) is 43.5 Å². The van der Waals surface area contributed by atoms with Crippen LogP contribution in [0.3, 0.4) is 0 Å². The lowest BCUT2D eigenvalue weighted by Gasteiger charge is -2.22. The van der Waals surface area contributed by atoms with Crippen molar-refractivity contribution < 1.29 is 15.0 Å². The Morgan fingerprint density at radius 2 is 0.594 bits per heavy atom. The van der Waals surface area contributed by atoms with E-state index in [1.54, 1.807) is 0 Å². The highest BCUT2D eigenvalue weighted by Gasteiger charge is 2.20. The smallest absolute Gasteiger partial charge is 0.220 e. The largest absolute Gasteiger partial charge is 0.394 e. The predicted molar refractivity (Wildman–Crippen MR) is 309 cm³/mol. The van der Waals surface area contributed by atoms with Crippen LogP contribution in [-0.4, -0.2) is 34.9 Å². The maximum atomic E-state index is 12.5. The number of carbonyl (C=O) groups excluding carboxylic acids is 1. The van der Waals surface area contributed by atoms with Gasteiger partial charge in [0.25, 0.3) is 0 Å². The lowest BCUT2D eigenvalue weighted by Crippen LogP contribution is -2.45. The molecular weight excluding hydrogens is 843 g/mol. The van der Waals surface area contributed by atoms with Gasteiger partial charge in [-0.25, -0.2) is 0 Å². The van der Waals surface area contributed by atoms with Crippen LogP contribution in [0.5, 0.6) is 0 Å². The molecule has 4 heteroatoms. The zero-order valence-electron chi connectivity index (χ0n) is 47.4. The molecule has 410 valence electrons. The van der Waals surface area contributed by atoms with Gasteiger partial charge in [-0.05, 0) is 44.9 Å². The predicted octanol–water partition coefficient (Wildman–Crippen LogP) is 21.4. The molecule has 0 saturated carbocycles. The van der Waals surface area contributed by atoms with Crippen molar-refractivity contribution in [3.05, 3.63) is 24.3 Å². The van der Waals surface area contributed by atoms with Gasteiger partial charge in [-0.1, -0.05) is 340 Å². The summed E-state index contributed by atoms with van der Waals surface area (Å²) >= 11 is 0. The fourth-order valence-corrected chi connectivity index (χ4v) is 10.3. The average Bonchev–Trinajstić information content (AvgIpc) is 3.35. The molecule has 4 nitrogen and oxygen atoms in total. The number of hydrogen-bond donors (Lipinski definition) is 3. The first-order chi connectivity index (χ1) is 34.2. The van der Waals surface area contributed by atoms with Crippen LogP contribution in [0.25, 0.3) is 0 Å². The van der Waals surface area contributed by atoms with Crippen LogP contribution in [0, 0.1) is 0 Å². The molecule has 2 atom stereocenters. The van der Waals surface area contributed by atoms with Crippen LogP contribution in [0.1, 0.15) is 367 Å². The summed E-state index contributed by atoms with van der Waals surface area (Å²) in [4.78, 5) is 12.5. The molecule has 3 N–H and O–H groups in total. The van der Waals surface area contributed by atoms with E-state index in [1.807, 2.05) is 0 Å². The number of nitrogens with one attached hydrogen (secondary N) is 1. The van der Waals surface area contributed by atoms with Crippen molar-refractivity contribution in [2.75, 3.05) is 6.61 Å². The van der Waals surface area contributed by atoms with Crippen molar-refractivity contribution in [3.63, 3.8) is 0 Å². The van der Waals surface area contributed by atoms with Gasteiger partial charge in [-0.2, -0.15) is 0 Å². The average molecular weight is 971 g/mol. The molecule has 0 radical (unpaired) electrons. The summed E-state index contributed by atoms with van der Waals surface area (Å²) in [5.74, 6) is -0.0226. The van der Waals surface area contributed by atoms with Crippen molar-refractivity contribution in [2.24, 2.45) is 0 Å². The van der Waals surface area contributed by atoms with Crippen molar-refractivity contribution >= 4 is 5.91 Å². The molecule has 69 heavy (non-hydrogen) atoms. The minimum Gasteiger partial charge on any atom is -0.394 e. The lowest BCUT2D eigenvalue weighted by atomic mass is 10.0. The quantitative estimate of drug-likeness (QED) is 0.0420. The number of unbranched alkanes of at least 4 members (excludes halogenated alkanes) is 49. The van der Waals surface area contributed by atoms with Gasteiger partial charge in [0.15, 0.2) is 0 Å². The summed E-state index contributed by atoms with van der Waals surface area (Å²) in [6, 6.07) is -0.534. The standard InChI is InChI=1S/C65H127NO3/c1-3-5-7-9-11-13-15-17-19-21-23-25-26-27-28-29-30-31-32-33-34-35-36-37-38-39-40-41-43-45-47-49-51-53-55-57-59-61-65(69)66-63(62-67)64(68)60-58-56-54-52-50-48-46-44-42-24-22-20-18-16-14-12-10-8-6-4-2/h15,17,21,23,63-64,67-68H,3-14,16,18-20,22,24-62H2,1-2H3,(H,66,69)/b17-15-,23-21-. The molecule has 0 aromatic rings. The molecule has 0 rings (SSSR count). The number of aliphatic hydroxyl groups is 2. The van der Waals surface area contributed by atoms with E-state index in [0.717, 1.165) is 32.1 Å². The molecule has 0 saturated heterocycles. The monoisotopic (exact) mass is 970 g/mol. The molecule has 0 bridgehead atoms. The first-order valence-corrected chi connectivity index (χ1v) is 32.0. The van der Waals surface area contributed by atoms with Gasteiger partial charge in [0.2, 0.25) is 5.91 Å². The van der Waals surface area contributed by atoms with Crippen molar-refractivity contribution in [3.8, 4) is 0 Å². The van der Waals surface area contributed by atoms with Crippen LogP contribution < -0.4 is 5.32 Å². The Morgan fingerprint density at radius 1 is 0.348 bits per heavy atom. The van der Waals surface area contributed by atoms with Crippen LogP contribution in [0.2, 0.25) is 0 Å². The first kappa shape index (κ1) is 67.9. The summed E-state index contributed by atoms with van der Waals surface area (Å²) < 4.78 is 0. The van der Waals surface area contributed by atoms with E-state index in [1.165, 1.54) is 308 Å². The molecule has 0 aromatic heterocycles. The van der Waals surface area contributed by atoms with Gasteiger partial charge in [0.05, 0.1) is 18.8 Å². The summed E-state index contributed by atoms with van der Waals surface area (Å²) in [7, 11) is 0. The number of aliphatic hydroxyl groups excluding tert-OH is 2. The first-order valence-electron chi connectivity index (χ1n) is 32.0. The summed E-state index contributed by atoms with van der Waals surface area (Å²) in [6.45, 7) is 4.39. The maximum absolute atomic E-state index is 12.5. The summed E-state index contributed by atoms with van der Waals surface area (Å²) in [5.41, 5.74) is 0. The van der Waals surface area contributed by atoms with E-state index in [9.17, 15) is 15.0 Å². The normalized spacial score (nSPS) is 12.8. The van der Waals surface area contributed by atoms with Gasteiger partial charge >= 0.3 is 0 Å². The maximum Gasteiger partial charge on any atom is 0.220 e. The molecule has 0 aliphatic carbocycles. The summed E-state index contributed by atoms with van der Waals surface area (Å²) in [6.07, 6.45) is 82.1. The van der Waals surface area contributed by atoms with E-state index in [-0.39, 0.29) is 12.5 Å². The SMILES string of the molecule is CCCCCCC/C=C\C/C=C\CCCCCCCCCCCCCCCCCCCCCCCCCCCC(=O)NC(CO)C(O)CCCCCCCCCCCCCCCCCCCCCC. The van der Waals surface area contributed by atoms with E-state index >= 15 is 0 Å². The molecule has 0 aliphatic rings. The second-order valence-electron chi connectivity index (χ2n) is 22.2. The molecular formula is C65H127NO3. The molecule has 0 aliphatic heterocycles. The highest BCUT2D eigenvalue weighted by molar-refractivity contribution is 5.76. The van der Waals surface area contributed by atoms with E-state index < -0.39 is 12.1 Å². The molecule has 0 fully saturated rings. The van der Waals surface area contributed by atoms with Crippen LogP contribution >= 0.6 is 0 Å². The molecule has 0 aromatic carbocycles. The van der Waals surface area contributed by atoms with E-state index in [0.29, 0.717) is 12.8 Å². The number of carbonyl (C=O) groups is 1. The Hall–Kier alpha value is -1.13. The van der Waals surface area contributed by atoms with Crippen molar-refractivity contribution in [1.29, 1.82) is 0 Å². The minimum absolute atomic E-state index is 0.0226. The molecule has 2 unspecified atom stereocenters. The highest BCUT2D eigenvalue weighted by atomic mass is 16.3. The van der Waals surface area contributed by atoms with Gasteiger partial charge in [0, 0.05) is 6.42 Å². The second-order valence-corrected chi connectivity index (χ2v) is 22.2. The Balaban J connectivity index is 3.37. The lowest BCUT2D eigenvalue weighted by molar-refractivity contribution is -0.123. The zero-order chi connectivity index (χ0) is 49.9. The highest BCUT2D eigenvalue weighted by Crippen LogP contribution is 2.19. The van der Waals surface area contributed by atoms with Crippen LogP contribution in [-0.2, 0) is 4.79 Å². The fraction of sp³-hybridized carbons (Fsp3) is 0.923.